The summed E-state index contributed by atoms with van der Waals surface area (Å²) in [5, 5.41) is 8.54. The van der Waals surface area contributed by atoms with E-state index in [0.29, 0.717) is 22.5 Å². The molecule has 10 heteroatoms. The van der Waals surface area contributed by atoms with Crippen LogP contribution in [0.3, 0.4) is 0 Å². The third-order valence-electron chi connectivity index (χ3n) is 4.83. The van der Waals surface area contributed by atoms with Crippen LogP contribution in [0.1, 0.15) is 0 Å². The molecule has 0 unspecified atom stereocenters. The molecule has 30 heavy (non-hydrogen) atoms. The molecule has 0 aliphatic heterocycles. The van der Waals surface area contributed by atoms with Crippen LogP contribution in [0, 0.1) is 5.82 Å². The first kappa shape index (κ1) is 18.2. The van der Waals surface area contributed by atoms with Crippen LogP contribution in [0.2, 0.25) is 5.02 Å². The third-order valence-corrected chi connectivity index (χ3v) is 5.12. The average molecular weight is 421 g/mol. The lowest BCUT2D eigenvalue weighted by Crippen LogP contribution is -2.13. The van der Waals surface area contributed by atoms with Crippen molar-refractivity contribution in [1.82, 2.24) is 29.5 Å². The molecular formula is C20H14ClFN8. The van der Waals surface area contributed by atoms with Gasteiger partial charge in [0, 0.05) is 36.1 Å². The Morgan fingerprint density at radius 2 is 1.90 bits per heavy atom. The van der Waals surface area contributed by atoms with E-state index in [1.807, 2.05) is 36.2 Å². The third kappa shape index (κ3) is 2.96. The van der Waals surface area contributed by atoms with E-state index >= 15 is 0 Å². The fourth-order valence-corrected chi connectivity index (χ4v) is 3.46. The Morgan fingerprint density at radius 3 is 2.70 bits per heavy atom. The van der Waals surface area contributed by atoms with E-state index in [1.54, 1.807) is 22.9 Å². The zero-order chi connectivity index (χ0) is 20.8. The number of anilines is 3. The minimum atomic E-state index is -0.527. The Labute approximate surface area is 174 Å². The number of nitrogens with two attached hydrogens (primary N) is 1. The molecule has 5 rings (SSSR count). The van der Waals surface area contributed by atoms with Crippen molar-refractivity contribution in [2.45, 2.75) is 0 Å². The van der Waals surface area contributed by atoms with Gasteiger partial charge in [-0.1, -0.05) is 23.7 Å². The first-order valence-electron chi connectivity index (χ1n) is 8.91. The highest BCUT2D eigenvalue weighted by molar-refractivity contribution is 6.31. The first-order chi connectivity index (χ1) is 14.5. The largest absolute Gasteiger partial charge is 0.368 e. The standard InChI is InChI=1S/C20H14ClFN8/c1-29(13-4-2-3-11(5-13)12-8-24-19(23)25-9-12)18-14-6-16(22)15(21)7-17(14)30-10-26-28-20(30)27-18/h2-10H,1H3,(H2,23,24,25). The number of nitrogen functional groups attached to an aromatic ring is 1. The van der Waals surface area contributed by atoms with Gasteiger partial charge in [0.15, 0.2) is 0 Å². The Morgan fingerprint density at radius 1 is 1.10 bits per heavy atom. The predicted octanol–water partition coefficient (Wildman–Crippen LogP) is 3.88. The average Bonchev–Trinajstić information content (AvgIpc) is 3.23. The van der Waals surface area contributed by atoms with Crippen molar-refractivity contribution in [1.29, 1.82) is 0 Å². The van der Waals surface area contributed by atoms with E-state index in [1.165, 1.54) is 12.4 Å². The zero-order valence-corrected chi connectivity index (χ0v) is 16.4. The molecule has 0 aliphatic carbocycles. The van der Waals surface area contributed by atoms with Crippen LogP contribution in [-0.2, 0) is 0 Å². The van der Waals surface area contributed by atoms with Crippen LogP contribution in [-0.4, -0.2) is 36.6 Å². The molecule has 0 fully saturated rings. The van der Waals surface area contributed by atoms with Gasteiger partial charge in [0.2, 0.25) is 5.95 Å². The van der Waals surface area contributed by atoms with Gasteiger partial charge in [-0.2, -0.15) is 4.98 Å². The highest BCUT2D eigenvalue weighted by Gasteiger charge is 2.17. The molecule has 3 aromatic heterocycles. The molecule has 3 heterocycles. The highest BCUT2D eigenvalue weighted by Crippen LogP contribution is 2.34. The molecule has 0 saturated carbocycles. The molecule has 2 N–H and O–H groups in total. The van der Waals surface area contributed by atoms with Gasteiger partial charge in [0.25, 0.3) is 5.78 Å². The molecule has 0 radical (unpaired) electrons. The second-order valence-corrected chi connectivity index (χ2v) is 7.07. The lowest BCUT2D eigenvalue weighted by molar-refractivity contribution is 0.630. The molecule has 0 aliphatic rings. The van der Waals surface area contributed by atoms with Crippen molar-refractivity contribution in [2.75, 3.05) is 17.7 Å². The molecule has 0 saturated heterocycles. The highest BCUT2D eigenvalue weighted by atomic mass is 35.5. The summed E-state index contributed by atoms with van der Waals surface area (Å²) in [4.78, 5) is 14.5. The number of halogens is 2. The Hall–Kier alpha value is -3.85. The summed E-state index contributed by atoms with van der Waals surface area (Å²) in [5.41, 5.74) is 8.79. The van der Waals surface area contributed by atoms with E-state index in [-0.39, 0.29) is 11.0 Å². The van der Waals surface area contributed by atoms with Crippen LogP contribution >= 0.6 is 11.6 Å². The number of hydrogen-bond donors (Lipinski definition) is 1. The van der Waals surface area contributed by atoms with E-state index in [9.17, 15) is 4.39 Å². The second-order valence-electron chi connectivity index (χ2n) is 6.66. The molecule has 148 valence electrons. The zero-order valence-electron chi connectivity index (χ0n) is 15.7. The van der Waals surface area contributed by atoms with Crippen molar-refractivity contribution in [3.8, 4) is 11.1 Å². The van der Waals surface area contributed by atoms with Gasteiger partial charge in [-0.15, -0.1) is 10.2 Å². The van der Waals surface area contributed by atoms with E-state index in [4.69, 9.17) is 17.3 Å². The molecular weight excluding hydrogens is 407 g/mol. The number of nitrogens with zero attached hydrogens (tertiary/aromatic N) is 7. The summed E-state index contributed by atoms with van der Waals surface area (Å²) >= 11 is 6.02. The lowest BCUT2D eigenvalue weighted by Gasteiger charge is -2.21. The number of fused-ring (bicyclic) bond motifs is 3. The Bertz CT molecular complexity index is 1400. The quantitative estimate of drug-likeness (QED) is 0.473. The van der Waals surface area contributed by atoms with Gasteiger partial charge < -0.3 is 10.6 Å². The van der Waals surface area contributed by atoms with Gasteiger partial charge in [0.1, 0.15) is 18.0 Å². The molecule has 0 spiro atoms. The van der Waals surface area contributed by atoms with E-state index in [0.717, 1.165) is 16.8 Å². The maximum absolute atomic E-state index is 14.3. The van der Waals surface area contributed by atoms with E-state index in [2.05, 4.69) is 25.1 Å². The fourth-order valence-electron chi connectivity index (χ4n) is 3.30. The first-order valence-corrected chi connectivity index (χ1v) is 9.29. The number of rotatable bonds is 3. The Kier molecular flexibility index (Phi) is 4.18. The summed E-state index contributed by atoms with van der Waals surface area (Å²) < 4.78 is 16.0. The minimum absolute atomic E-state index is 0.0163. The SMILES string of the molecule is CN(c1cccc(-c2cnc(N)nc2)c1)c1nc2nncn2c2cc(Cl)c(F)cc12. The summed E-state index contributed by atoms with van der Waals surface area (Å²) in [5.74, 6) is 0.590. The van der Waals surface area contributed by atoms with Crippen molar-refractivity contribution in [3.63, 3.8) is 0 Å². The number of aromatic nitrogens is 6. The lowest BCUT2D eigenvalue weighted by atomic mass is 10.1. The number of hydrogen-bond acceptors (Lipinski definition) is 7. The smallest absolute Gasteiger partial charge is 0.257 e. The summed E-state index contributed by atoms with van der Waals surface area (Å²) in [6.07, 6.45) is 4.84. The van der Waals surface area contributed by atoms with Crippen LogP contribution in [0.25, 0.3) is 27.8 Å². The Balaban J connectivity index is 1.67. The topological polar surface area (TPSA) is 98.1 Å². The van der Waals surface area contributed by atoms with Gasteiger partial charge in [-0.3, -0.25) is 4.40 Å². The molecule has 0 atom stereocenters. The van der Waals surface area contributed by atoms with Gasteiger partial charge in [-0.25, -0.2) is 14.4 Å². The van der Waals surface area contributed by atoms with Crippen LogP contribution < -0.4 is 10.6 Å². The summed E-state index contributed by atoms with van der Waals surface area (Å²) in [6, 6.07) is 10.7. The van der Waals surface area contributed by atoms with E-state index < -0.39 is 5.82 Å². The normalized spacial score (nSPS) is 11.3. The molecule has 0 amide bonds. The maximum atomic E-state index is 14.3. The summed E-state index contributed by atoms with van der Waals surface area (Å²) in [6.45, 7) is 0. The second kappa shape index (κ2) is 6.89. The monoisotopic (exact) mass is 420 g/mol. The molecule has 5 aromatic rings. The number of benzene rings is 2. The van der Waals surface area contributed by atoms with Crippen LogP contribution in [0.4, 0.5) is 21.8 Å². The van der Waals surface area contributed by atoms with Crippen LogP contribution in [0.5, 0.6) is 0 Å². The van der Waals surface area contributed by atoms with Crippen LogP contribution in [0.15, 0.2) is 55.1 Å². The molecule has 2 aromatic carbocycles. The summed E-state index contributed by atoms with van der Waals surface area (Å²) in [7, 11) is 1.85. The van der Waals surface area contributed by atoms with Crippen molar-refractivity contribution in [3.05, 3.63) is 66.0 Å². The van der Waals surface area contributed by atoms with Gasteiger partial charge in [0.05, 0.1) is 10.5 Å². The van der Waals surface area contributed by atoms with Crippen molar-refractivity contribution >= 4 is 45.7 Å². The fraction of sp³-hybridized carbons (Fsp3) is 0.0500. The van der Waals surface area contributed by atoms with Gasteiger partial charge >= 0.3 is 0 Å². The molecule has 8 nitrogen and oxygen atoms in total. The molecule has 0 bridgehead atoms. The van der Waals surface area contributed by atoms with Crippen molar-refractivity contribution in [2.24, 2.45) is 0 Å². The van der Waals surface area contributed by atoms with Crippen molar-refractivity contribution < 1.29 is 4.39 Å². The predicted molar refractivity (Wildman–Crippen MR) is 113 cm³/mol. The van der Waals surface area contributed by atoms with Gasteiger partial charge in [-0.05, 0) is 29.8 Å². The minimum Gasteiger partial charge on any atom is -0.368 e. The maximum Gasteiger partial charge on any atom is 0.257 e.